The number of nitrogens with zero attached hydrogens (tertiary/aromatic N) is 1. The molecule has 0 spiro atoms. The second-order valence-corrected chi connectivity index (χ2v) is 5.28. The van der Waals surface area contributed by atoms with Gasteiger partial charge in [0, 0.05) is 11.8 Å². The lowest BCUT2D eigenvalue weighted by molar-refractivity contribution is 0.0883. The van der Waals surface area contributed by atoms with Gasteiger partial charge in [-0.2, -0.15) is 0 Å². The van der Waals surface area contributed by atoms with Crippen molar-refractivity contribution >= 4 is 11.3 Å². The third-order valence-electron chi connectivity index (χ3n) is 3.01. The predicted octanol–water partition coefficient (Wildman–Crippen LogP) is 1.35. The molecule has 0 aromatic carbocycles. The molecular weight excluding hydrogens is 208 g/mol. The number of aliphatic hydroxyl groups excluding tert-OH is 1. The van der Waals surface area contributed by atoms with Crippen LogP contribution in [0, 0.1) is 12.8 Å². The molecule has 2 N–H and O–H groups in total. The van der Waals surface area contributed by atoms with Crippen LogP contribution in [0.15, 0.2) is 5.38 Å². The largest absolute Gasteiger partial charge is 0.392 e. The van der Waals surface area contributed by atoms with Crippen molar-refractivity contribution in [2.45, 2.75) is 32.3 Å². The maximum absolute atomic E-state index is 10.1. The fourth-order valence-electron chi connectivity index (χ4n) is 2.11. The first kappa shape index (κ1) is 11.0. The first-order valence-electron chi connectivity index (χ1n) is 5.55. The van der Waals surface area contributed by atoms with E-state index >= 15 is 0 Å². The van der Waals surface area contributed by atoms with Gasteiger partial charge in [-0.1, -0.05) is 0 Å². The standard InChI is InChI=1S/C11H18N2OS/c1-8-13-10(7-15-8)6-11(14)9-2-4-12-5-3-9/h7,9,11-12,14H,2-6H2,1H3. The highest BCUT2D eigenvalue weighted by molar-refractivity contribution is 7.09. The Hall–Kier alpha value is -0.450. The van der Waals surface area contributed by atoms with Crippen LogP contribution in [0.3, 0.4) is 0 Å². The molecule has 1 atom stereocenters. The Morgan fingerprint density at radius 2 is 2.33 bits per heavy atom. The van der Waals surface area contributed by atoms with Gasteiger partial charge in [-0.3, -0.25) is 0 Å². The van der Waals surface area contributed by atoms with Crippen LogP contribution in [-0.2, 0) is 6.42 Å². The van der Waals surface area contributed by atoms with Gasteiger partial charge in [0.25, 0.3) is 0 Å². The molecule has 15 heavy (non-hydrogen) atoms. The number of hydrogen-bond donors (Lipinski definition) is 2. The Labute approximate surface area is 94.5 Å². The van der Waals surface area contributed by atoms with Crippen molar-refractivity contribution in [1.82, 2.24) is 10.3 Å². The van der Waals surface area contributed by atoms with Gasteiger partial charge in [0.15, 0.2) is 0 Å². The summed E-state index contributed by atoms with van der Waals surface area (Å²) in [6, 6.07) is 0. The molecule has 3 nitrogen and oxygen atoms in total. The van der Waals surface area contributed by atoms with Crippen molar-refractivity contribution < 1.29 is 5.11 Å². The van der Waals surface area contributed by atoms with Gasteiger partial charge in [0.05, 0.1) is 16.8 Å². The molecule has 84 valence electrons. The van der Waals surface area contributed by atoms with E-state index in [0.29, 0.717) is 5.92 Å². The van der Waals surface area contributed by atoms with Crippen LogP contribution in [0.2, 0.25) is 0 Å². The first-order chi connectivity index (χ1) is 7.25. The SMILES string of the molecule is Cc1nc(CC(O)C2CCNCC2)cs1. The lowest BCUT2D eigenvalue weighted by Gasteiger charge is -2.26. The van der Waals surface area contributed by atoms with Crippen LogP contribution in [0.25, 0.3) is 0 Å². The van der Waals surface area contributed by atoms with E-state index in [1.165, 1.54) is 0 Å². The van der Waals surface area contributed by atoms with Crippen molar-refractivity contribution in [2.24, 2.45) is 5.92 Å². The summed E-state index contributed by atoms with van der Waals surface area (Å²) in [4.78, 5) is 4.39. The smallest absolute Gasteiger partial charge is 0.0897 e. The lowest BCUT2D eigenvalue weighted by Crippen LogP contribution is -2.35. The molecule has 1 aromatic heterocycles. The van der Waals surface area contributed by atoms with E-state index in [1.54, 1.807) is 11.3 Å². The molecule has 4 heteroatoms. The van der Waals surface area contributed by atoms with E-state index in [9.17, 15) is 5.11 Å². The van der Waals surface area contributed by atoms with Crippen LogP contribution in [0.1, 0.15) is 23.5 Å². The maximum Gasteiger partial charge on any atom is 0.0897 e. The summed E-state index contributed by atoms with van der Waals surface area (Å²) in [5.74, 6) is 0.452. The number of piperidine rings is 1. The molecule has 0 aliphatic carbocycles. The Bertz CT molecular complexity index is 307. The summed E-state index contributed by atoms with van der Waals surface area (Å²) in [6.07, 6.45) is 2.68. The molecule has 0 bridgehead atoms. The van der Waals surface area contributed by atoms with E-state index in [-0.39, 0.29) is 6.10 Å². The van der Waals surface area contributed by atoms with Gasteiger partial charge in [0.1, 0.15) is 0 Å². The van der Waals surface area contributed by atoms with E-state index in [2.05, 4.69) is 15.7 Å². The average Bonchev–Trinajstić information content (AvgIpc) is 2.65. The molecule has 1 fully saturated rings. The number of aryl methyl sites for hydroxylation is 1. The minimum Gasteiger partial charge on any atom is -0.392 e. The van der Waals surface area contributed by atoms with Crippen LogP contribution in [0.4, 0.5) is 0 Å². The molecule has 0 saturated carbocycles. The van der Waals surface area contributed by atoms with Crippen LogP contribution in [0.5, 0.6) is 0 Å². The zero-order valence-electron chi connectivity index (χ0n) is 9.07. The number of aromatic nitrogens is 1. The summed E-state index contributed by atoms with van der Waals surface area (Å²) >= 11 is 1.66. The Morgan fingerprint density at radius 3 is 2.93 bits per heavy atom. The molecule has 2 rings (SSSR count). The summed E-state index contributed by atoms with van der Waals surface area (Å²) in [5, 5.41) is 16.5. The highest BCUT2D eigenvalue weighted by Gasteiger charge is 2.22. The lowest BCUT2D eigenvalue weighted by atomic mass is 9.90. The molecular formula is C11H18N2OS. The number of thiazole rings is 1. The normalized spacial score (nSPS) is 20.4. The van der Waals surface area contributed by atoms with Crippen molar-refractivity contribution in [3.63, 3.8) is 0 Å². The Balaban J connectivity index is 1.88. The minimum atomic E-state index is -0.214. The molecule has 1 aromatic rings. The molecule has 0 amide bonds. The fraction of sp³-hybridized carbons (Fsp3) is 0.727. The van der Waals surface area contributed by atoms with Gasteiger partial charge in [-0.05, 0) is 38.8 Å². The van der Waals surface area contributed by atoms with Crippen molar-refractivity contribution in [1.29, 1.82) is 0 Å². The molecule has 2 heterocycles. The van der Waals surface area contributed by atoms with Gasteiger partial charge < -0.3 is 10.4 Å². The number of nitrogens with one attached hydrogen (secondary N) is 1. The van der Waals surface area contributed by atoms with Crippen LogP contribution < -0.4 is 5.32 Å². The monoisotopic (exact) mass is 226 g/mol. The second kappa shape index (κ2) is 5.05. The highest BCUT2D eigenvalue weighted by atomic mass is 32.1. The van der Waals surface area contributed by atoms with Crippen LogP contribution in [-0.4, -0.2) is 29.3 Å². The summed E-state index contributed by atoms with van der Waals surface area (Å²) in [5.41, 5.74) is 1.04. The third-order valence-corrected chi connectivity index (χ3v) is 3.84. The zero-order valence-corrected chi connectivity index (χ0v) is 9.89. The van der Waals surface area contributed by atoms with E-state index in [0.717, 1.165) is 43.1 Å². The Kier molecular flexibility index (Phi) is 3.72. The molecule has 0 radical (unpaired) electrons. The zero-order chi connectivity index (χ0) is 10.7. The molecule has 1 aliphatic rings. The van der Waals surface area contributed by atoms with Gasteiger partial charge in [0.2, 0.25) is 0 Å². The first-order valence-corrected chi connectivity index (χ1v) is 6.43. The van der Waals surface area contributed by atoms with Crippen molar-refractivity contribution in [3.8, 4) is 0 Å². The van der Waals surface area contributed by atoms with Crippen LogP contribution >= 0.6 is 11.3 Å². The van der Waals surface area contributed by atoms with Gasteiger partial charge in [-0.15, -0.1) is 11.3 Å². The van der Waals surface area contributed by atoms with E-state index < -0.39 is 0 Å². The van der Waals surface area contributed by atoms with Gasteiger partial charge >= 0.3 is 0 Å². The fourth-order valence-corrected chi connectivity index (χ4v) is 2.74. The molecule has 1 aliphatic heterocycles. The topological polar surface area (TPSA) is 45.2 Å². The Morgan fingerprint density at radius 1 is 1.60 bits per heavy atom. The van der Waals surface area contributed by atoms with E-state index in [4.69, 9.17) is 0 Å². The van der Waals surface area contributed by atoms with Crippen molar-refractivity contribution in [2.75, 3.05) is 13.1 Å². The van der Waals surface area contributed by atoms with Crippen molar-refractivity contribution in [3.05, 3.63) is 16.1 Å². The average molecular weight is 226 g/mol. The number of rotatable bonds is 3. The maximum atomic E-state index is 10.1. The predicted molar refractivity (Wildman–Crippen MR) is 62.2 cm³/mol. The number of aliphatic hydroxyl groups is 1. The minimum absolute atomic E-state index is 0.214. The number of hydrogen-bond acceptors (Lipinski definition) is 4. The molecule has 1 unspecified atom stereocenters. The quantitative estimate of drug-likeness (QED) is 0.818. The third kappa shape index (κ3) is 3.00. The second-order valence-electron chi connectivity index (χ2n) is 4.22. The highest BCUT2D eigenvalue weighted by Crippen LogP contribution is 2.20. The summed E-state index contributed by atoms with van der Waals surface area (Å²) in [7, 11) is 0. The van der Waals surface area contributed by atoms with E-state index in [1.807, 2.05) is 6.92 Å². The van der Waals surface area contributed by atoms with Gasteiger partial charge in [-0.25, -0.2) is 4.98 Å². The molecule has 1 saturated heterocycles. The summed E-state index contributed by atoms with van der Waals surface area (Å²) < 4.78 is 0. The summed E-state index contributed by atoms with van der Waals surface area (Å²) in [6.45, 7) is 4.08.